The van der Waals surface area contributed by atoms with Gasteiger partial charge < -0.3 is 5.32 Å². The monoisotopic (exact) mass is 359 g/mol. The summed E-state index contributed by atoms with van der Waals surface area (Å²) in [6.07, 6.45) is 6.28. The lowest BCUT2D eigenvalue weighted by molar-refractivity contribution is 0.744. The summed E-state index contributed by atoms with van der Waals surface area (Å²) < 4.78 is 1.79. The van der Waals surface area contributed by atoms with Crippen molar-refractivity contribution in [2.45, 2.75) is 26.3 Å². The molecule has 0 radical (unpaired) electrons. The van der Waals surface area contributed by atoms with Gasteiger partial charge in [-0.25, -0.2) is 9.97 Å². The van der Waals surface area contributed by atoms with E-state index in [4.69, 9.17) is 9.97 Å². The number of nitrogens with zero attached hydrogens (tertiary/aromatic N) is 6. The first-order chi connectivity index (χ1) is 13.2. The molecule has 0 spiro atoms. The Morgan fingerprint density at radius 2 is 1.89 bits per heavy atom. The van der Waals surface area contributed by atoms with Gasteiger partial charge in [0, 0.05) is 25.6 Å². The van der Waals surface area contributed by atoms with Crippen LogP contribution in [0.15, 0.2) is 48.9 Å². The number of hydrogen-bond donors (Lipinski definition) is 1. The summed E-state index contributed by atoms with van der Waals surface area (Å²) in [6, 6.07) is 9.89. The molecule has 0 saturated heterocycles. The zero-order chi connectivity index (χ0) is 18.8. The van der Waals surface area contributed by atoms with E-state index in [9.17, 15) is 0 Å². The van der Waals surface area contributed by atoms with E-state index in [0.717, 1.165) is 34.7 Å². The summed E-state index contributed by atoms with van der Waals surface area (Å²) in [5.41, 5.74) is 3.58. The summed E-state index contributed by atoms with van der Waals surface area (Å²) in [7, 11) is 1.90. The number of anilines is 1. The second kappa shape index (κ2) is 7.11. The van der Waals surface area contributed by atoms with Gasteiger partial charge >= 0.3 is 0 Å². The van der Waals surface area contributed by atoms with Gasteiger partial charge in [-0.2, -0.15) is 5.10 Å². The van der Waals surface area contributed by atoms with E-state index in [-0.39, 0.29) is 6.04 Å². The Morgan fingerprint density at radius 1 is 1.07 bits per heavy atom. The van der Waals surface area contributed by atoms with E-state index in [2.05, 4.69) is 27.3 Å². The molecular weight excluding hydrogens is 338 g/mol. The van der Waals surface area contributed by atoms with Crippen LogP contribution in [0.25, 0.3) is 22.6 Å². The highest BCUT2D eigenvalue weighted by Crippen LogP contribution is 2.30. The molecule has 136 valence electrons. The molecule has 7 nitrogen and oxygen atoms in total. The van der Waals surface area contributed by atoms with Crippen LogP contribution in [0.4, 0.5) is 5.82 Å². The van der Waals surface area contributed by atoms with Crippen LogP contribution in [0.1, 0.15) is 30.6 Å². The zero-order valence-electron chi connectivity index (χ0n) is 15.6. The van der Waals surface area contributed by atoms with Gasteiger partial charge in [-0.05, 0) is 43.2 Å². The van der Waals surface area contributed by atoms with Gasteiger partial charge in [0.1, 0.15) is 11.5 Å². The van der Waals surface area contributed by atoms with Crippen LogP contribution in [-0.4, -0.2) is 29.7 Å². The Morgan fingerprint density at radius 3 is 2.59 bits per heavy atom. The van der Waals surface area contributed by atoms with Crippen LogP contribution >= 0.6 is 0 Å². The fraction of sp³-hybridized carbons (Fsp3) is 0.250. The minimum atomic E-state index is 0.113. The molecule has 0 saturated carbocycles. The molecular formula is C20H21N7. The highest BCUT2D eigenvalue weighted by molar-refractivity contribution is 5.90. The first-order valence-electron chi connectivity index (χ1n) is 8.96. The number of pyridine rings is 2. The van der Waals surface area contributed by atoms with E-state index >= 15 is 0 Å². The number of nitrogens with one attached hydrogen (secondary N) is 1. The minimum Gasteiger partial charge on any atom is -0.363 e. The molecule has 0 aromatic carbocycles. The maximum Gasteiger partial charge on any atom is 0.182 e. The largest absolute Gasteiger partial charge is 0.363 e. The van der Waals surface area contributed by atoms with Crippen molar-refractivity contribution in [3.8, 4) is 11.5 Å². The van der Waals surface area contributed by atoms with Crippen LogP contribution in [0.2, 0.25) is 0 Å². The lowest BCUT2D eigenvalue weighted by atomic mass is 10.1. The van der Waals surface area contributed by atoms with Crippen LogP contribution in [0, 0.1) is 6.92 Å². The third-order valence-corrected chi connectivity index (χ3v) is 4.58. The third kappa shape index (κ3) is 3.23. The average molecular weight is 359 g/mol. The van der Waals surface area contributed by atoms with E-state index in [1.807, 2.05) is 56.7 Å². The molecule has 27 heavy (non-hydrogen) atoms. The Hall–Kier alpha value is -3.35. The number of aromatic nitrogens is 6. The van der Waals surface area contributed by atoms with E-state index in [1.165, 1.54) is 5.56 Å². The molecule has 7 heteroatoms. The number of aryl methyl sites for hydroxylation is 2. The van der Waals surface area contributed by atoms with E-state index < -0.39 is 0 Å². The smallest absolute Gasteiger partial charge is 0.182 e. The zero-order valence-corrected chi connectivity index (χ0v) is 15.6. The van der Waals surface area contributed by atoms with E-state index in [1.54, 1.807) is 10.9 Å². The molecule has 0 bridgehead atoms. The highest BCUT2D eigenvalue weighted by Gasteiger charge is 2.19. The molecule has 4 aromatic heterocycles. The summed E-state index contributed by atoms with van der Waals surface area (Å²) in [5, 5.41) is 9.06. The van der Waals surface area contributed by atoms with Crippen molar-refractivity contribution in [1.29, 1.82) is 0 Å². The lowest BCUT2D eigenvalue weighted by Gasteiger charge is -2.19. The Balaban J connectivity index is 1.85. The van der Waals surface area contributed by atoms with Crippen molar-refractivity contribution >= 4 is 16.9 Å². The van der Waals surface area contributed by atoms with Crippen molar-refractivity contribution in [1.82, 2.24) is 29.7 Å². The fourth-order valence-electron chi connectivity index (χ4n) is 3.23. The molecule has 1 N–H and O–H groups in total. The van der Waals surface area contributed by atoms with Crippen molar-refractivity contribution in [3.05, 3.63) is 60.2 Å². The molecule has 4 aromatic rings. The van der Waals surface area contributed by atoms with Crippen molar-refractivity contribution in [3.63, 3.8) is 0 Å². The predicted molar refractivity (Wildman–Crippen MR) is 105 cm³/mol. The van der Waals surface area contributed by atoms with Crippen LogP contribution in [0.5, 0.6) is 0 Å². The fourth-order valence-corrected chi connectivity index (χ4v) is 3.23. The summed E-state index contributed by atoms with van der Waals surface area (Å²) >= 11 is 0. The maximum absolute atomic E-state index is 4.80. The summed E-state index contributed by atoms with van der Waals surface area (Å²) in [5.74, 6) is 1.35. The Bertz CT molecular complexity index is 1060. The van der Waals surface area contributed by atoms with Gasteiger partial charge in [-0.1, -0.05) is 13.0 Å². The second-order valence-electron chi connectivity index (χ2n) is 6.40. The first-order valence-corrected chi connectivity index (χ1v) is 8.96. The number of fused-ring (bicyclic) bond motifs is 1. The number of rotatable bonds is 5. The third-order valence-electron chi connectivity index (χ3n) is 4.58. The maximum atomic E-state index is 4.80. The van der Waals surface area contributed by atoms with Gasteiger partial charge in [-0.3, -0.25) is 14.6 Å². The molecule has 4 rings (SSSR count). The molecule has 4 heterocycles. The molecule has 0 aliphatic rings. The number of hydrogen-bond acceptors (Lipinski definition) is 6. The van der Waals surface area contributed by atoms with E-state index in [0.29, 0.717) is 5.82 Å². The van der Waals surface area contributed by atoms with Crippen molar-refractivity contribution in [2.75, 3.05) is 5.32 Å². The summed E-state index contributed by atoms with van der Waals surface area (Å²) in [6.45, 7) is 4.12. The van der Waals surface area contributed by atoms with Gasteiger partial charge in [0.25, 0.3) is 0 Å². The van der Waals surface area contributed by atoms with Crippen LogP contribution in [0.3, 0.4) is 0 Å². The highest BCUT2D eigenvalue weighted by atomic mass is 15.3. The van der Waals surface area contributed by atoms with Gasteiger partial charge in [0.15, 0.2) is 11.5 Å². The van der Waals surface area contributed by atoms with Crippen molar-refractivity contribution < 1.29 is 0 Å². The average Bonchev–Trinajstić information content (AvgIpc) is 3.01. The van der Waals surface area contributed by atoms with Crippen molar-refractivity contribution in [2.24, 2.45) is 7.05 Å². The Kier molecular flexibility index (Phi) is 4.50. The van der Waals surface area contributed by atoms with Gasteiger partial charge in [-0.15, -0.1) is 0 Å². The minimum absolute atomic E-state index is 0.113. The molecule has 1 unspecified atom stereocenters. The molecule has 1 atom stereocenters. The predicted octanol–water partition coefficient (Wildman–Crippen LogP) is 3.69. The molecule has 0 aliphatic heterocycles. The Labute approximate surface area is 157 Å². The SMILES string of the molecule is CCC(Nc1nc(-c2ccccn2)nc2c1c(C)nn2C)c1ccncc1. The summed E-state index contributed by atoms with van der Waals surface area (Å²) in [4.78, 5) is 18.0. The normalized spacial score (nSPS) is 12.3. The topological polar surface area (TPSA) is 81.4 Å². The lowest BCUT2D eigenvalue weighted by Crippen LogP contribution is -2.12. The standard InChI is InChI=1S/C20H21N7/c1-4-15(14-8-11-21-12-9-14)23-19-17-13(2)26-27(3)20(17)25-18(24-19)16-7-5-6-10-22-16/h5-12,15H,4H2,1-3H3,(H,23,24,25). The quantitative estimate of drug-likeness (QED) is 0.585. The molecule has 0 aliphatic carbocycles. The van der Waals surface area contributed by atoms with Crippen LogP contribution in [-0.2, 0) is 7.05 Å². The van der Waals surface area contributed by atoms with Crippen LogP contribution < -0.4 is 5.32 Å². The molecule has 0 fully saturated rings. The van der Waals surface area contributed by atoms with Gasteiger partial charge in [0.05, 0.1) is 17.1 Å². The second-order valence-corrected chi connectivity index (χ2v) is 6.40. The first kappa shape index (κ1) is 17.1. The molecule has 0 amide bonds. The van der Waals surface area contributed by atoms with Gasteiger partial charge in [0.2, 0.25) is 0 Å².